The summed E-state index contributed by atoms with van der Waals surface area (Å²) in [7, 11) is 3.01. The molecule has 1 aromatic carbocycles. The fourth-order valence-electron chi connectivity index (χ4n) is 10.8. The van der Waals surface area contributed by atoms with Crippen LogP contribution in [0.4, 0.5) is 0 Å². The second-order valence-corrected chi connectivity index (χ2v) is 14.9. The number of fused-ring (bicyclic) bond motifs is 5. The van der Waals surface area contributed by atoms with Gasteiger partial charge < -0.3 is 20.7 Å². The van der Waals surface area contributed by atoms with Gasteiger partial charge in [0, 0.05) is 12.3 Å². The summed E-state index contributed by atoms with van der Waals surface area (Å²) >= 11 is 0. The smallest absolute Gasteiger partial charge is 0.306 e. The van der Waals surface area contributed by atoms with E-state index in [9.17, 15) is 39.0 Å². The van der Waals surface area contributed by atoms with Gasteiger partial charge in [0.2, 0.25) is 5.91 Å². The molecule has 3 bridgehead atoms. The van der Waals surface area contributed by atoms with Crippen molar-refractivity contribution in [3.05, 3.63) is 29.3 Å². The van der Waals surface area contributed by atoms with Gasteiger partial charge in [0.05, 0.1) is 23.4 Å². The van der Waals surface area contributed by atoms with Crippen LogP contribution < -0.4 is 5.73 Å². The standard InChI is InChI=1S/C34H40N2O9/c1-13-18-5-4-6-20(37)23(18)28(39)24-22(13)30(45-21(38)12-17-9-14-7-15-10-16(8-14)19(17)11-15)26-27(36(2)3)29(40)25(33(35)43)32(42)34(26,44)31(24)41/h4-6,13-17,19,22,24-27,30,37,44H,7-12H2,1-3H3,(H2,35,43)/t13-,14?,15?,16?,17+,19?,22+,24?,25?,26+,27-,30-,34-/m1/s1. The molecule has 11 nitrogen and oxygen atoms in total. The summed E-state index contributed by atoms with van der Waals surface area (Å²) in [6.07, 6.45) is 4.30. The Morgan fingerprint density at radius 2 is 1.71 bits per heavy atom. The molecule has 0 saturated heterocycles. The van der Waals surface area contributed by atoms with Gasteiger partial charge in [0.15, 0.2) is 34.7 Å². The second kappa shape index (κ2) is 10.3. The van der Waals surface area contributed by atoms with E-state index in [0.29, 0.717) is 29.2 Å². The van der Waals surface area contributed by atoms with Gasteiger partial charge in [-0.25, -0.2) is 0 Å². The van der Waals surface area contributed by atoms with Crippen LogP contribution in [0.1, 0.15) is 67.3 Å². The first kappa shape index (κ1) is 30.2. The maximum atomic E-state index is 14.4. The number of aromatic hydroxyl groups is 1. The number of primary amides is 1. The zero-order valence-corrected chi connectivity index (χ0v) is 25.7. The second-order valence-electron chi connectivity index (χ2n) is 14.9. The number of esters is 1. The zero-order valence-electron chi connectivity index (χ0n) is 25.7. The van der Waals surface area contributed by atoms with Crippen molar-refractivity contribution < 1.29 is 43.7 Å². The van der Waals surface area contributed by atoms with Gasteiger partial charge >= 0.3 is 5.97 Å². The first-order valence-electron chi connectivity index (χ1n) is 16.1. The summed E-state index contributed by atoms with van der Waals surface area (Å²) in [4.78, 5) is 83.8. The molecule has 1 aromatic rings. The molecule has 5 saturated carbocycles. The molecule has 0 spiro atoms. The third-order valence-electron chi connectivity index (χ3n) is 12.4. The number of ether oxygens (including phenoxy) is 1. The number of carbonyl (C=O) groups is 6. The quantitative estimate of drug-likeness (QED) is 0.322. The van der Waals surface area contributed by atoms with E-state index in [1.807, 2.05) is 0 Å². The van der Waals surface area contributed by atoms with Crippen molar-refractivity contribution in [3.8, 4) is 5.75 Å². The monoisotopic (exact) mass is 620 g/mol. The number of amides is 1. The molecular formula is C34H40N2O9. The molecule has 45 heavy (non-hydrogen) atoms. The molecule has 6 aliphatic rings. The van der Waals surface area contributed by atoms with Gasteiger partial charge in [-0.3, -0.25) is 33.7 Å². The van der Waals surface area contributed by atoms with E-state index in [4.69, 9.17) is 10.5 Å². The highest BCUT2D eigenvalue weighted by Gasteiger charge is 2.74. The van der Waals surface area contributed by atoms with E-state index in [1.165, 1.54) is 44.3 Å². The molecule has 0 aliphatic heterocycles. The van der Waals surface area contributed by atoms with Crippen LogP contribution in [-0.4, -0.2) is 82.0 Å². The van der Waals surface area contributed by atoms with Crippen LogP contribution in [0.2, 0.25) is 0 Å². The van der Waals surface area contributed by atoms with Gasteiger partial charge in [-0.2, -0.15) is 0 Å². The molecule has 11 heteroatoms. The highest BCUT2D eigenvalue weighted by atomic mass is 16.5. The average molecular weight is 621 g/mol. The number of Topliss-reactive ketones (excluding diaryl/α,β-unsaturated/α-hetero) is 4. The predicted molar refractivity (Wildman–Crippen MR) is 156 cm³/mol. The first-order chi connectivity index (χ1) is 21.2. The van der Waals surface area contributed by atoms with Crippen LogP contribution in [0, 0.1) is 53.3 Å². The minimum absolute atomic E-state index is 0.102. The van der Waals surface area contributed by atoms with Crippen molar-refractivity contribution in [1.29, 1.82) is 0 Å². The molecule has 0 radical (unpaired) electrons. The lowest BCUT2D eigenvalue weighted by Gasteiger charge is -2.56. The number of aliphatic hydroxyl groups is 1. The van der Waals surface area contributed by atoms with Crippen molar-refractivity contribution in [2.45, 2.75) is 69.1 Å². The number of hydrogen-bond acceptors (Lipinski definition) is 10. The lowest BCUT2D eigenvalue weighted by atomic mass is 9.49. The van der Waals surface area contributed by atoms with Crippen molar-refractivity contribution in [2.75, 3.05) is 14.1 Å². The zero-order chi connectivity index (χ0) is 32.3. The van der Waals surface area contributed by atoms with E-state index < -0.39 is 82.3 Å². The average Bonchev–Trinajstić information content (AvgIpc) is 3.19. The Labute approximate surface area is 260 Å². The predicted octanol–water partition coefficient (Wildman–Crippen LogP) is 1.41. The Kier molecular flexibility index (Phi) is 6.91. The SMILES string of the molecule is C[C@@H]1c2cccc(O)c2C(=O)C2C(=O)[C@@]3(O)C(=O)C(C(N)=O)C(=O)[C@H](N(C)C)[C@H]3[C@H](OC(=O)C[C@@H]3CC4CC5CC(C4)C3C5)[C@H]21. The number of hydrogen-bond donors (Lipinski definition) is 3. The highest BCUT2D eigenvalue weighted by molar-refractivity contribution is 6.32. The molecule has 13 atom stereocenters. The molecule has 1 amide bonds. The molecule has 240 valence electrons. The largest absolute Gasteiger partial charge is 0.507 e. The lowest BCUT2D eigenvalue weighted by Crippen LogP contribution is -2.78. The van der Waals surface area contributed by atoms with E-state index in [0.717, 1.165) is 12.8 Å². The molecule has 5 fully saturated rings. The number of ketones is 4. The summed E-state index contributed by atoms with van der Waals surface area (Å²) < 4.78 is 6.27. The molecular weight excluding hydrogens is 580 g/mol. The summed E-state index contributed by atoms with van der Waals surface area (Å²) in [5.41, 5.74) is 2.79. The number of nitrogens with two attached hydrogens (primary N) is 1. The van der Waals surface area contributed by atoms with Crippen LogP contribution >= 0.6 is 0 Å². The summed E-state index contributed by atoms with van der Waals surface area (Å²) in [5, 5.41) is 22.9. The van der Waals surface area contributed by atoms with Crippen LogP contribution in [0.5, 0.6) is 5.75 Å². The Hall–Kier alpha value is -3.44. The summed E-state index contributed by atoms with van der Waals surface area (Å²) in [6.45, 7) is 1.74. The Morgan fingerprint density at radius 3 is 2.38 bits per heavy atom. The number of phenols is 1. The van der Waals surface area contributed by atoms with E-state index in [2.05, 4.69) is 0 Å². The molecule has 0 aromatic heterocycles. The van der Waals surface area contributed by atoms with Crippen LogP contribution in [0.3, 0.4) is 0 Å². The number of carbonyl (C=O) groups excluding carboxylic acids is 6. The molecule has 0 heterocycles. The van der Waals surface area contributed by atoms with Crippen molar-refractivity contribution >= 4 is 35.0 Å². The van der Waals surface area contributed by atoms with Gasteiger partial charge in [0.25, 0.3) is 0 Å². The minimum Gasteiger partial charge on any atom is -0.507 e. The van der Waals surface area contributed by atoms with Crippen LogP contribution in [0.15, 0.2) is 18.2 Å². The molecule has 6 aliphatic carbocycles. The fourth-order valence-corrected chi connectivity index (χ4v) is 10.8. The van der Waals surface area contributed by atoms with E-state index in [-0.39, 0.29) is 23.7 Å². The molecule has 4 N–H and O–H groups in total. The van der Waals surface area contributed by atoms with Crippen molar-refractivity contribution in [3.63, 3.8) is 0 Å². The highest BCUT2D eigenvalue weighted by Crippen LogP contribution is 2.59. The fraction of sp³-hybridized carbons (Fsp3) is 0.647. The minimum atomic E-state index is -3.02. The number of rotatable bonds is 5. The molecule has 7 rings (SSSR count). The van der Waals surface area contributed by atoms with Gasteiger partial charge in [-0.15, -0.1) is 0 Å². The van der Waals surface area contributed by atoms with Crippen LogP contribution in [-0.2, 0) is 28.7 Å². The number of likely N-dealkylation sites (N-methyl/N-ethyl adjacent to an activating group) is 1. The van der Waals surface area contributed by atoms with Gasteiger partial charge in [-0.1, -0.05) is 19.1 Å². The Bertz CT molecular complexity index is 1530. The molecule has 6 unspecified atom stereocenters. The van der Waals surface area contributed by atoms with E-state index in [1.54, 1.807) is 19.1 Å². The van der Waals surface area contributed by atoms with Gasteiger partial charge in [0.1, 0.15) is 11.9 Å². The number of phenolic OH excluding ortho intramolecular Hbond substituents is 1. The summed E-state index contributed by atoms with van der Waals surface area (Å²) in [5.74, 6) is -11.2. The normalized spacial score (nSPS) is 43.1. The van der Waals surface area contributed by atoms with E-state index >= 15 is 0 Å². The Balaban J connectivity index is 1.33. The van der Waals surface area contributed by atoms with Crippen molar-refractivity contribution in [2.24, 2.45) is 59.0 Å². The number of benzene rings is 1. The maximum absolute atomic E-state index is 14.4. The maximum Gasteiger partial charge on any atom is 0.306 e. The van der Waals surface area contributed by atoms with Gasteiger partial charge in [-0.05, 0) is 93.3 Å². The number of nitrogens with zero attached hydrogens (tertiary/aromatic N) is 1. The van der Waals surface area contributed by atoms with Crippen molar-refractivity contribution in [1.82, 2.24) is 4.90 Å². The lowest BCUT2D eigenvalue weighted by molar-refractivity contribution is -0.206. The third kappa shape index (κ3) is 4.15. The summed E-state index contributed by atoms with van der Waals surface area (Å²) in [6, 6.07) is 3.13. The van der Waals surface area contributed by atoms with Crippen LogP contribution in [0.25, 0.3) is 0 Å². The topological polar surface area (TPSA) is 181 Å². The first-order valence-corrected chi connectivity index (χ1v) is 16.1. The Morgan fingerprint density at radius 1 is 1.02 bits per heavy atom. The third-order valence-corrected chi connectivity index (χ3v) is 12.4.